The van der Waals surface area contributed by atoms with Crippen molar-refractivity contribution in [3.8, 4) is 0 Å². The molecule has 0 radical (unpaired) electrons. The summed E-state index contributed by atoms with van der Waals surface area (Å²) < 4.78 is 5.54. The van der Waals surface area contributed by atoms with Crippen LogP contribution in [0.4, 0.5) is 4.79 Å². The van der Waals surface area contributed by atoms with Crippen LogP contribution in [0.25, 0.3) is 0 Å². The quantitative estimate of drug-likeness (QED) is 0.580. The van der Waals surface area contributed by atoms with Crippen molar-refractivity contribution < 1.29 is 14.2 Å². The van der Waals surface area contributed by atoms with Gasteiger partial charge in [0.2, 0.25) is 0 Å². The zero-order chi connectivity index (χ0) is 19.3. The fourth-order valence-electron chi connectivity index (χ4n) is 4.15. The van der Waals surface area contributed by atoms with Crippen LogP contribution in [0.15, 0.2) is 40.9 Å². The lowest BCUT2D eigenvalue weighted by atomic mass is 9.98. The number of hydrogen-bond donors (Lipinski definition) is 0. The molecule has 2 aromatic rings. The molecule has 150 valence electrons. The van der Waals surface area contributed by atoms with Gasteiger partial charge in [-0.15, -0.1) is 0 Å². The number of benzene rings is 1. The molecule has 2 fully saturated rings. The molecule has 2 aliphatic heterocycles. The molecular weight excluding hydrogens is 354 g/mol. The van der Waals surface area contributed by atoms with Gasteiger partial charge in [-0.3, -0.25) is 4.84 Å². The Hall–Kier alpha value is -2.34. The van der Waals surface area contributed by atoms with Gasteiger partial charge >= 0.3 is 6.03 Å². The maximum absolute atomic E-state index is 12.9. The highest BCUT2D eigenvalue weighted by Gasteiger charge is 2.46. The Kier molecular flexibility index (Phi) is 5.95. The van der Waals surface area contributed by atoms with E-state index in [-0.39, 0.29) is 18.1 Å². The van der Waals surface area contributed by atoms with Gasteiger partial charge in [-0.2, -0.15) is 5.06 Å². The summed E-state index contributed by atoms with van der Waals surface area (Å²) in [5, 5.41) is 5.85. The highest BCUT2D eigenvalue weighted by molar-refractivity contribution is 5.77. The van der Waals surface area contributed by atoms with Crippen molar-refractivity contribution in [2.24, 2.45) is 0 Å². The Balaban J connectivity index is 1.36. The van der Waals surface area contributed by atoms with E-state index < -0.39 is 0 Å². The Morgan fingerprint density at radius 1 is 1.18 bits per heavy atom. The first-order valence-electron chi connectivity index (χ1n) is 10.5. The molecule has 6 heteroatoms. The van der Waals surface area contributed by atoms with Crippen LogP contribution in [0.2, 0.25) is 0 Å². The molecule has 0 aliphatic carbocycles. The number of amides is 2. The molecule has 0 saturated carbocycles. The smallest absolute Gasteiger partial charge is 0.344 e. The lowest BCUT2D eigenvalue weighted by Gasteiger charge is -2.28. The van der Waals surface area contributed by atoms with Crippen molar-refractivity contribution in [3.05, 3.63) is 53.4 Å². The largest absolute Gasteiger partial charge is 0.361 e. The van der Waals surface area contributed by atoms with Crippen LogP contribution in [0, 0.1) is 0 Å². The highest BCUT2D eigenvalue weighted by atomic mass is 16.7. The molecule has 2 aliphatic rings. The van der Waals surface area contributed by atoms with Crippen molar-refractivity contribution in [1.82, 2.24) is 15.1 Å². The first kappa shape index (κ1) is 19.0. The molecule has 0 N–H and O–H groups in total. The number of nitrogens with zero attached hydrogens (tertiary/aromatic N) is 3. The number of aryl methyl sites for hydroxylation is 1. The number of urea groups is 1. The summed E-state index contributed by atoms with van der Waals surface area (Å²) in [6, 6.07) is 12.0. The van der Waals surface area contributed by atoms with E-state index in [4.69, 9.17) is 9.36 Å². The van der Waals surface area contributed by atoms with Gasteiger partial charge in [0.25, 0.3) is 0 Å². The summed E-state index contributed by atoms with van der Waals surface area (Å²) >= 11 is 0. The predicted molar refractivity (Wildman–Crippen MR) is 105 cm³/mol. The number of aromatic nitrogens is 1. The van der Waals surface area contributed by atoms with Gasteiger partial charge in [-0.1, -0.05) is 61.7 Å². The Bertz CT molecular complexity index is 776. The lowest BCUT2D eigenvalue weighted by Crippen LogP contribution is -2.34. The van der Waals surface area contributed by atoms with Gasteiger partial charge in [0.05, 0.1) is 12.1 Å². The summed E-state index contributed by atoms with van der Waals surface area (Å²) in [5.41, 5.74) is 1.94. The molecule has 28 heavy (non-hydrogen) atoms. The second-order valence-corrected chi connectivity index (χ2v) is 7.80. The van der Waals surface area contributed by atoms with E-state index in [0.717, 1.165) is 42.7 Å². The Labute approximate surface area is 166 Å². The van der Waals surface area contributed by atoms with E-state index in [2.05, 4.69) is 12.1 Å². The number of fused-ring (bicyclic) bond motifs is 2. The van der Waals surface area contributed by atoms with Gasteiger partial charge in [0.15, 0.2) is 0 Å². The second-order valence-electron chi connectivity index (χ2n) is 7.80. The topological polar surface area (TPSA) is 58.8 Å². The second kappa shape index (κ2) is 8.78. The zero-order valence-corrected chi connectivity index (χ0v) is 16.5. The van der Waals surface area contributed by atoms with Crippen molar-refractivity contribution in [3.63, 3.8) is 0 Å². The summed E-state index contributed by atoms with van der Waals surface area (Å²) in [5.74, 6) is 0.928. The van der Waals surface area contributed by atoms with Crippen LogP contribution >= 0.6 is 0 Å². The molecule has 2 atom stereocenters. The molecule has 6 nitrogen and oxygen atoms in total. The van der Waals surface area contributed by atoms with Crippen LogP contribution in [0.1, 0.15) is 68.5 Å². The van der Waals surface area contributed by atoms with Crippen molar-refractivity contribution in [2.45, 2.75) is 70.6 Å². The molecule has 2 saturated heterocycles. The molecule has 2 amide bonds. The molecular formula is C22H29N3O3. The van der Waals surface area contributed by atoms with E-state index >= 15 is 0 Å². The zero-order valence-electron chi connectivity index (χ0n) is 16.5. The molecule has 4 rings (SSSR count). The first-order valence-corrected chi connectivity index (χ1v) is 10.5. The van der Waals surface area contributed by atoms with Crippen molar-refractivity contribution >= 4 is 6.03 Å². The summed E-state index contributed by atoms with van der Waals surface area (Å²) in [6.45, 7) is 3.31. The minimum absolute atomic E-state index is 0.0118. The summed E-state index contributed by atoms with van der Waals surface area (Å²) in [4.78, 5) is 20.7. The predicted octanol–water partition coefficient (Wildman–Crippen LogP) is 4.87. The minimum atomic E-state index is -0.0593. The van der Waals surface area contributed by atoms with E-state index in [0.29, 0.717) is 13.2 Å². The van der Waals surface area contributed by atoms with E-state index in [1.807, 2.05) is 41.3 Å². The van der Waals surface area contributed by atoms with Crippen LogP contribution < -0.4 is 0 Å². The Morgan fingerprint density at radius 2 is 2.04 bits per heavy atom. The minimum Gasteiger partial charge on any atom is -0.361 e. The third-order valence-electron chi connectivity index (χ3n) is 5.73. The molecule has 0 spiro atoms. The lowest BCUT2D eigenvalue weighted by molar-refractivity contribution is -0.140. The van der Waals surface area contributed by atoms with E-state index in [1.165, 1.54) is 19.3 Å². The van der Waals surface area contributed by atoms with Gasteiger partial charge in [0, 0.05) is 19.0 Å². The maximum Gasteiger partial charge on any atom is 0.344 e. The number of carbonyl (C=O) groups is 1. The summed E-state index contributed by atoms with van der Waals surface area (Å²) in [6.07, 6.45) is 7.55. The number of unbranched alkanes of at least 4 members (excludes halogenated alkanes) is 3. The number of rotatable bonds is 9. The van der Waals surface area contributed by atoms with Crippen LogP contribution in [-0.4, -0.2) is 33.7 Å². The number of piperidine rings is 1. The van der Waals surface area contributed by atoms with Gasteiger partial charge < -0.3 is 9.42 Å². The fraction of sp³-hybridized carbons (Fsp3) is 0.545. The van der Waals surface area contributed by atoms with Gasteiger partial charge in [0.1, 0.15) is 18.1 Å². The standard InChI is InChI=1S/C22H29N3O3/c1-2-3-4-8-11-19-14-20(23-28-19)21-13-12-18-15-24(21)22(26)25(18)27-16-17-9-6-5-7-10-17/h5-7,9-10,14,18,21H,2-4,8,11-13,15-16H2,1H3/t18-,21+/m1/s1. The SMILES string of the molecule is CCCCCCc1cc([C@@H]2CC[C@@H]3CN2C(=O)N3OCc2ccccc2)no1. The third-order valence-corrected chi connectivity index (χ3v) is 5.73. The van der Waals surface area contributed by atoms with Crippen LogP contribution in [0.3, 0.4) is 0 Å². The molecule has 2 bridgehead atoms. The Morgan fingerprint density at radius 3 is 2.86 bits per heavy atom. The first-order chi connectivity index (χ1) is 13.8. The maximum atomic E-state index is 12.9. The van der Waals surface area contributed by atoms with Gasteiger partial charge in [-0.25, -0.2) is 4.79 Å². The average molecular weight is 383 g/mol. The third kappa shape index (κ3) is 4.07. The van der Waals surface area contributed by atoms with E-state index in [1.54, 1.807) is 5.06 Å². The molecule has 1 aromatic carbocycles. The molecule has 0 unspecified atom stereocenters. The van der Waals surface area contributed by atoms with Crippen LogP contribution in [-0.2, 0) is 17.9 Å². The van der Waals surface area contributed by atoms with Crippen LogP contribution in [0.5, 0.6) is 0 Å². The van der Waals surface area contributed by atoms with E-state index in [9.17, 15) is 4.79 Å². The number of hydroxylamine groups is 2. The van der Waals surface area contributed by atoms with Crippen molar-refractivity contribution in [2.75, 3.05) is 6.54 Å². The highest BCUT2D eigenvalue weighted by Crippen LogP contribution is 2.38. The average Bonchev–Trinajstić information content (AvgIpc) is 3.29. The number of carbonyl (C=O) groups excluding carboxylic acids is 1. The summed E-state index contributed by atoms with van der Waals surface area (Å²) in [7, 11) is 0. The van der Waals surface area contributed by atoms with Gasteiger partial charge in [-0.05, 0) is 24.8 Å². The molecule has 3 heterocycles. The monoisotopic (exact) mass is 383 g/mol. The molecule has 1 aromatic heterocycles. The normalized spacial score (nSPS) is 21.5. The fourth-order valence-corrected chi connectivity index (χ4v) is 4.15. The van der Waals surface area contributed by atoms with Crippen molar-refractivity contribution in [1.29, 1.82) is 0 Å². The number of hydrogen-bond acceptors (Lipinski definition) is 4.